The van der Waals surface area contributed by atoms with Crippen LogP contribution in [0.1, 0.15) is 31.9 Å². The first kappa shape index (κ1) is 13.2. The van der Waals surface area contributed by atoms with Gasteiger partial charge in [-0.1, -0.05) is 24.9 Å². The van der Waals surface area contributed by atoms with Crippen molar-refractivity contribution in [3.63, 3.8) is 0 Å². The molecular weight excluding hydrogens is 258 g/mol. The Kier molecular flexibility index (Phi) is 3.94. The molecule has 2 aliphatic rings. The second-order valence-electron chi connectivity index (χ2n) is 5.73. The maximum atomic E-state index is 6.21. The Morgan fingerprint density at radius 2 is 2.05 bits per heavy atom. The molecule has 1 aliphatic carbocycles. The first-order chi connectivity index (χ1) is 9.28. The number of halogens is 1. The molecule has 2 unspecified atom stereocenters. The molecule has 4 heteroatoms. The number of pyridine rings is 1. The summed E-state index contributed by atoms with van der Waals surface area (Å²) < 4.78 is 0. The van der Waals surface area contributed by atoms with Gasteiger partial charge >= 0.3 is 0 Å². The van der Waals surface area contributed by atoms with E-state index in [9.17, 15) is 0 Å². The molecule has 3 rings (SSSR count). The van der Waals surface area contributed by atoms with Gasteiger partial charge < -0.3 is 10.2 Å². The van der Waals surface area contributed by atoms with Crippen molar-refractivity contribution in [1.82, 2.24) is 10.3 Å². The Hall–Kier alpha value is -0.800. The highest BCUT2D eigenvalue weighted by molar-refractivity contribution is 6.31. The predicted molar refractivity (Wildman–Crippen MR) is 79.7 cm³/mol. The fraction of sp³-hybridized carbons (Fsp3) is 0.667. The summed E-state index contributed by atoms with van der Waals surface area (Å²) in [7, 11) is 0. The molecule has 1 aromatic heterocycles. The zero-order valence-corrected chi connectivity index (χ0v) is 12.3. The van der Waals surface area contributed by atoms with Gasteiger partial charge in [-0.25, -0.2) is 4.98 Å². The molecular formula is C15H22ClN3. The third-order valence-corrected chi connectivity index (χ3v) is 4.84. The van der Waals surface area contributed by atoms with Gasteiger partial charge in [0.2, 0.25) is 0 Å². The van der Waals surface area contributed by atoms with Gasteiger partial charge in [-0.05, 0) is 43.4 Å². The largest absolute Gasteiger partial charge is 0.356 e. The van der Waals surface area contributed by atoms with Crippen LogP contribution in [0.25, 0.3) is 0 Å². The van der Waals surface area contributed by atoms with Crippen molar-refractivity contribution in [2.45, 2.75) is 32.7 Å². The predicted octanol–water partition coefficient (Wildman–Crippen LogP) is 3.08. The first-order valence-electron chi connectivity index (χ1n) is 7.39. The average Bonchev–Trinajstić information content (AvgIpc) is 2.98. The van der Waals surface area contributed by atoms with E-state index in [0.717, 1.165) is 41.5 Å². The molecule has 1 aliphatic heterocycles. The summed E-state index contributed by atoms with van der Waals surface area (Å²) in [4.78, 5) is 7.20. The summed E-state index contributed by atoms with van der Waals surface area (Å²) in [6, 6.07) is 4.06. The zero-order valence-electron chi connectivity index (χ0n) is 11.5. The molecule has 104 valence electrons. The van der Waals surface area contributed by atoms with E-state index in [1.165, 1.54) is 32.4 Å². The topological polar surface area (TPSA) is 28.2 Å². The van der Waals surface area contributed by atoms with Gasteiger partial charge in [0, 0.05) is 19.6 Å². The second-order valence-corrected chi connectivity index (χ2v) is 6.14. The molecule has 0 aromatic carbocycles. The minimum absolute atomic E-state index is 0.754. The first-order valence-corrected chi connectivity index (χ1v) is 7.76. The van der Waals surface area contributed by atoms with E-state index in [4.69, 9.17) is 16.6 Å². The molecule has 2 heterocycles. The molecule has 0 radical (unpaired) electrons. The van der Waals surface area contributed by atoms with Crippen molar-refractivity contribution in [3.05, 3.63) is 22.8 Å². The summed E-state index contributed by atoms with van der Waals surface area (Å²) in [5, 5.41) is 4.07. The van der Waals surface area contributed by atoms with Crippen LogP contribution in [0.2, 0.25) is 5.02 Å². The van der Waals surface area contributed by atoms with Crippen LogP contribution in [0.5, 0.6) is 0 Å². The van der Waals surface area contributed by atoms with E-state index in [-0.39, 0.29) is 0 Å². The minimum Gasteiger partial charge on any atom is -0.356 e. The van der Waals surface area contributed by atoms with Crippen molar-refractivity contribution in [2.75, 3.05) is 24.5 Å². The van der Waals surface area contributed by atoms with Crippen molar-refractivity contribution < 1.29 is 0 Å². The van der Waals surface area contributed by atoms with Crippen molar-refractivity contribution in [2.24, 2.45) is 11.8 Å². The summed E-state index contributed by atoms with van der Waals surface area (Å²) in [6.45, 7) is 6.15. The molecule has 2 fully saturated rings. The van der Waals surface area contributed by atoms with Crippen molar-refractivity contribution in [1.29, 1.82) is 0 Å². The molecule has 0 amide bonds. The summed E-state index contributed by atoms with van der Waals surface area (Å²) >= 11 is 6.21. The Morgan fingerprint density at radius 1 is 1.32 bits per heavy atom. The standard InChI is InChI=1S/C15H22ClN3/c1-2-17-8-14-13(16)6-7-15(18-14)19-9-11-4-3-5-12(11)10-19/h6-7,11-12,17H,2-5,8-10H2,1H3. The number of rotatable bonds is 4. The Labute approximate surface area is 120 Å². The number of hydrogen-bond donors (Lipinski definition) is 1. The van der Waals surface area contributed by atoms with Gasteiger partial charge in [-0.3, -0.25) is 0 Å². The van der Waals surface area contributed by atoms with Crippen LogP contribution >= 0.6 is 11.6 Å². The second kappa shape index (κ2) is 5.68. The van der Waals surface area contributed by atoms with Gasteiger partial charge in [0.1, 0.15) is 5.82 Å². The third kappa shape index (κ3) is 2.72. The van der Waals surface area contributed by atoms with Gasteiger partial charge in [-0.2, -0.15) is 0 Å². The molecule has 19 heavy (non-hydrogen) atoms. The maximum absolute atomic E-state index is 6.21. The van der Waals surface area contributed by atoms with Crippen molar-refractivity contribution >= 4 is 17.4 Å². The number of nitrogens with zero attached hydrogens (tertiary/aromatic N) is 2. The van der Waals surface area contributed by atoms with Gasteiger partial charge in [0.15, 0.2) is 0 Å². The SMILES string of the molecule is CCNCc1nc(N2CC3CCCC3C2)ccc1Cl. The molecule has 1 saturated heterocycles. The minimum atomic E-state index is 0.754. The Bertz CT molecular complexity index is 437. The molecule has 2 atom stereocenters. The lowest BCUT2D eigenvalue weighted by molar-refractivity contribution is 0.494. The van der Waals surface area contributed by atoms with Gasteiger partial charge in [-0.15, -0.1) is 0 Å². The molecule has 1 aromatic rings. The monoisotopic (exact) mass is 279 g/mol. The highest BCUT2D eigenvalue weighted by Gasteiger charge is 2.36. The lowest BCUT2D eigenvalue weighted by Gasteiger charge is -2.19. The summed E-state index contributed by atoms with van der Waals surface area (Å²) in [5.74, 6) is 2.90. The molecule has 1 saturated carbocycles. The zero-order chi connectivity index (χ0) is 13.2. The van der Waals surface area contributed by atoms with Crippen LogP contribution in [-0.4, -0.2) is 24.6 Å². The number of aromatic nitrogens is 1. The van der Waals surface area contributed by atoms with Crippen LogP contribution in [0.3, 0.4) is 0 Å². The van der Waals surface area contributed by atoms with Crippen molar-refractivity contribution in [3.8, 4) is 0 Å². The van der Waals surface area contributed by atoms with E-state index in [0.29, 0.717) is 0 Å². The number of nitrogens with one attached hydrogen (secondary N) is 1. The number of fused-ring (bicyclic) bond motifs is 1. The van der Waals surface area contributed by atoms with Crippen LogP contribution in [-0.2, 0) is 6.54 Å². The average molecular weight is 280 g/mol. The van der Waals surface area contributed by atoms with E-state index in [1.807, 2.05) is 6.07 Å². The van der Waals surface area contributed by atoms with Crippen LogP contribution in [0.4, 0.5) is 5.82 Å². The van der Waals surface area contributed by atoms with E-state index < -0.39 is 0 Å². The lowest BCUT2D eigenvalue weighted by atomic mass is 10.0. The Balaban J connectivity index is 1.74. The highest BCUT2D eigenvalue weighted by Crippen LogP contribution is 2.39. The fourth-order valence-corrected chi connectivity index (χ4v) is 3.61. The normalized spacial score (nSPS) is 25.9. The van der Waals surface area contributed by atoms with Crippen LogP contribution in [0.15, 0.2) is 12.1 Å². The molecule has 3 nitrogen and oxygen atoms in total. The van der Waals surface area contributed by atoms with E-state index >= 15 is 0 Å². The maximum Gasteiger partial charge on any atom is 0.128 e. The molecule has 0 bridgehead atoms. The lowest BCUT2D eigenvalue weighted by Crippen LogP contribution is -2.23. The van der Waals surface area contributed by atoms with E-state index in [1.54, 1.807) is 0 Å². The molecule has 1 N–H and O–H groups in total. The van der Waals surface area contributed by atoms with E-state index in [2.05, 4.69) is 23.2 Å². The smallest absolute Gasteiger partial charge is 0.128 e. The number of hydrogen-bond acceptors (Lipinski definition) is 3. The summed E-state index contributed by atoms with van der Waals surface area (Å²) in [5.41, 5.74) is 0.970. The summed E-state index contributed by atoms with van der Waals surface area (Å²) in [6.07, 6.45) is 4.22. The quantitative estimate of drug-likeness (QED) is 0.918. The highest BCUT2D eigenvalue weighted by atomic mass is 35.5. The van der Waals surface area contributed by atoms with Gasteiger partial charge in [0.25, 0.3) is 0 Å². The molecule has 0 spiro atoms. The van der Waals surface area contributed by atoms with Crippen LogP contribution < -0.4 is 10.2 Å². The number of anilines is 1. The van der Waals surface area contributed by atoms with Crippen LogP contribution in [0, 0.1) is 11.8 Å². The third-order valence-electron chi connectivity index (χ3n) is 4.50. The Morgan fingerprint density at radius 3 is 2.74 bits per heavy atom. The fourth-order valence-electron chi connectivity index (χ4n) is 3.44. The van der Waals surface area contributed by atoms with Gasteiger partial charge in [0.05, 0.1) is 10.7 Å².